The molecule has 1 heterocycles. The molecule has 1 fully saturated rings. The maximum absolute atomic E-state index is 12.9. The molecule has 1 amide bonds. The number of aliphatic hydroxyl groups is 1. The fourth-order valence-corrected chi connectivity index (χ4v) is 3.74. The van der Waals surface area contributed by atoms with Crippen LogP contribution in [0.15, 0.2) is 48.5 Å². The number of aliphatic hydroxyl groups excluding tert-OH is 1. The Labute approximate surface area is 173 Å². The van der Waals surface area contributed by atoms with Crippen molar-refractivity contribution in [3.8, 4) is 0 Å². The van der Waals surface area contributed by atoms with Crippen molar-refractivity contribution in [2.45, 2.75) is 37.6 Å². The highest BCUT2D eigenvalue weighted by Gasteiger charge is 2.32. The predicted octanol–water partition coefficient (Wildman–Crippen LogP) is 3.32. The van der Waals surface area contributed by atoms with Crippen LogP contribution in [0.5, 0.6) is 0 Å². The second kappa shape index (κ2) is 9.06. The van der Waals surface area contributed by atoms with Gasteiger partial charge in [0.25, 0.3) is 0 Å². The van der Waals surface area contributed by atoms with Crippen LogP contribution in [-0.2, 0) is 11.0 Å². The zero-order valence-electron chi connectivity index (χ0n) is 16.7. The van der Waals surface area contributed by atoms with E-state index >= 15 is 0 Å². The Kier molecular flexibility index (Phi) is 6.67. The summed E-state index contributed by atoms with van der Waals surface area (Å²) in [5, 5.41) is 12.8. The molecule has 8 heteroatoms. The summed E-state index contributed by atoms with van der Waals surface area (Å²) in [6, 6.07) is 12.2. The van der Waals surface area contributed by atoms with E-state index in [1.54, 1.807) is 6.92 Å². The number of carbonyl (C=O) groups is 1. The van der Waals surface area contributed by atoms with Gasteiger partial charge in [-0.3, -0.25) is 9.69 Å². The number of nitrogens with two attached hydrogens (primary N) is 1. The number of nitrogens with one attached hydrogen (secondary N) is 1. The van der Waals surface area contributed by atoms with E-state index in [-0.39, 0.29) is 23.7 Å². The molecule has 1 aliphatic heterocycles. The number of anilines is 1. The topological polar surface area (TPSA) is 78.6 Å². The number of amides is 1. The Bertz CT molecular complexity index is 874. The van der Waals surface area contributed by atoms with E-state index in [0.717, 1.165) is 24.2 Å². The lowest BCUT2D eigenvalue weighted by molar-refractivity contribution is -0.137. The lowest BCUT2D eigenvalue weighted by Gasteiger charge is -2.26. The first kappa shape index (κ1) is 22.1. The molecule has 0 bridgehead atoms. The van der Waals surface area contributed by atoms with Crippen LogP contribution in [0, 0.1) is 0 Å². The largest absolute Gasteiger partial charge is 0.416 e. The summed E-state index contributed by atoms with van der Waals surface area (Å²) in [6.07, 6.45) is -4.17. The Morgan fingerprint density at radius 2 is 1.97 bits per heavy atom. The molecule has 0 saturated carbocycles. The first-order valence-corrected chi connectivity index (χ1v) is 9.87. The minimum Gasteiger partial charge on any atom is -0.398 e. The average Bonchev–Trinajstić information content (AvgIpc) is 3.11. The van der Waals surface area contributed by atoms with Gasteiger partial charge in [-0.15, -0.1) is 0 Å². The summed E-state index contributed by atoms with van der Waals surface area (Å²) in [5.41, 5.74) is 6.19. The summed E-state index contributed by atoms with van der Waals surface area (Å²) in [4.78, 5) is 15.0. The molecule has 0 radical (unpaired) electrons. The van der Waals surface area contributed by atoms with Gasteiger partial charge in [-0.05, 0) is 36.6 Å². The van der Waals surface area contributed by atoms with Crippen LogP contribution < -0.4 is 11.1 Å². The van der Waals surface area contributed by atoms with E-state index in [0.29, 0.717) is 25.1 Å². The second-order valence-electron chi connectivity index (χ2n) is 7.74. The summed E-state index contributed by atoms with van der Waals surface area (Å²) in [7, 11) is 0. The molecule has 4 N–H and O–H groups in total. The predicted molar refractivity (Wildman–Crippen MR) is 109 cm³/mol. The molecule has 5 nitrogen and oxygen atoms in total. The van der Waals surface area contributed by atoms with Crippen molar-refractivity contribution in [1.82, 2.24) is 10.2 Å². The lowest BCUT2D eigenvalue weighted by Crippen LogP contribution is -2.39. The Balaban J connectivity index is 1.76. The van der Waals surface area contributed by atoms with E-state index in [4.69, 9.17) is 5.73 Å². The van der Waals surface area contributed by atoms with Gasteiger partial charge in [0, 0.05) is 25.3 Å². The average molecular weight is 421 g/mol. The highest BCUT2D eigenvalue weighted by atomic mass is 19.4. The number of benzene rings is 2. The van der Waals surface area contributed by atoms with Gasteiger partial charge in [-0.1, -0.05) is 36.4 Å². The number of nitrogens with zero attached hydrogens (tertiary/aromatic N) is 1. The van der Waals surface area contributed by atoms with Crippen molar-refractivity contribution in [1.29, 1.82) is 0 Å². The number of halogens is 3. The van der Waals surface area contributed by atoms with E-state index in [2.05, 4.69) is 10.2 Å². The number of nitrogen functional groups attached to an aromatic ring is 1. The molecule has 162 valence electrons. The third-order valence-corrected chi connectivity index (χ3v) is 5.48. The minimum absolute atomic E-state index is 0.0635. The molecule has 3 rings (SSSR count). The number of carbonyl (C=O) groups excluding carboxylic acids is 1. The zero-order valence-corrected chi connectivity index (χ0v) is 16.7. The molecule has 2 aromatic rings. The molecule has 0 spiro atoms. The molecular formula is C22H26F3N3O2. The van der Waals surface area contributed by atoms with Gasteiger partial charge in [0.1, 0.15) is 0 Å². The van der Waals surface area contributed by atoms with Crippen LogP contribution in [0.2, 0.25) is 0 Å². The number of hydrogen-bond donors (Lipinski definition) is 3. The third kappa shape index (κ3) is 5.31. The lowest BCUT2D eigenvalue weighted by atomic mass is 9.96. The highest BCUT2D eigenvalue weighted by Crippen LogP contribution is 2.33. The van der Waals surface area contributed by atoms with Crippen molar-refractivity contribution in [2.75, 3.05) is 25.4 Å². The van der Waals surface area contributed by atoms with Crippen LogP contribution >= 0.6 is 0 Å². The Morgan fingerprint density at radius 3 is 2.53 bits per heavy atom. The Morgan fingerprint density at radius 1 is 1.27 bits per heavy atom. The maximum atomic E-state index is 12.9. The zero-order chi connectivity index (χ0) is 21.9. The number of hydrogen-bond acceptors (Lipinski definition) is 4. The molecular weight excluding hydrogens is 395 g/mol. The summed E-state index contributed by atoms with van der Waals surface area (Å²) in [5.74, 6) is -1.04. The van der Waals surface area contributed by atoms with E-state index < -0.39 is 17.7 Å². The molecule has 3 unspecified atom stereocenters. The van der Waals surface area contributed by atoms with Gasteiger partial charge in [0.15, 0.2) is 0 Å². The third-order valence-electron chi connectivity index (χ3n) is 5.48. The van der Waals surface area contributed by atoms with E-state index in [1.807, 2.05) is 30.3 Å². The fraction of sp³-hybridized carbons (Fsp3) is 0.409. The molecule has 2 aromatic carbocycles. The first-order chi connectivity index (χ1) is 14.1. The van der Waals surface area contributed by atoms with Gasteiger partial charge in [-0.2, -0.15) is 13.2 Å². The van der Waals surface area contributed by atoms with Gasteiger partial charge in [0.05, 0.1) is 23.6 Å². The Hall–Kier alpha value is -2.58. The van der Waals surface area contributed by atoms with Crippen LogP contribution in [0.1, 0.15) is 42.0 Å². The fourth-order valence-electron chi connectivity index (χ4n) is 3.74. The van der Waals surface area contributed by atoms with Crippen molar-refractivity contribution < 1.29 is 23.1 Å². The molecule has 30 heavy (non-hydrogen) atoms. The van der Waals surface area contributed by atoms with Crippen LogP contribution in [0.25, 0.3) is 0 Å². The smallest absolute Gasteiger partial charge is 0.398 e. The van der Waals surface area contributed by atoms with E-state index in [1.165, 1.54) is 6.07 Å². The summed E-state index contributed by atoms with van der Waals surface area (Å²) in [6.45, 7) is 3.43. The van der Waals surface area contributed by atoms with Crippen molar-refractivity contribution in [3.63, 3.8) is 0 Å². The SMILES string of the molecule is CC(C(=O)NC(CN1CCC(O)C1)c1ccccc1)c1ccc(C(F)(F)F)cc1N. The van der Waals surface area contributed by atoms with Gasteiger partial charge < -0.3 is 16.2 Å². The highest BCUT2D eigenvalue weighted by molar-refractivity contribution is 5.85. The maximum Gasteiger partial charge on any atom is 0.416 e. The van der Waals surface area contributed by atoms with Gasteiger partial charge in [0.2, 0.25) is 5.91 Å². The monoisotopic (exact) mass is 421 g/mol. The quantitative estimate of drug-likeness (QED) is 0.626. The normalized spacial score (nSPS) is 19.4. The van der Waals surface area contributed by atoms with Crippen LogP contribution in [-0.4, -0.2) is 41.7 Å². The second-order valence-corrected chi connectivity index (χ2v) is 7.74. The standard InChI is InChI=1S/C22H26F3N3O2/c1-14(18-8-7-16(11-19(18)26)22(23,24)25)21(30)27-20(15-5-3-2-4-6-15)13-28-10-9-17(29)12-28/h2-8,11,14,17,20,29H,9-10,12-13,26H2,1H3,(H,27,30). The number of β-amino-alcohol motifs (C(OH)–C–C–N with tert-alkyl or cyclic N) is 1. The molecule has 1 saturated heterocycles. The van der Waals surface area contributed by atoms with Crippen molar-refractivity contribution >= 4 is 11.6 Å². The molecule has 0 aliphatic carbocycles. The van der Waals surface area contributed by atoms with Crippen molar-refractivity contribution in [3.05, 3.63) is 65.2 Å². The molecule has 0 aromatic heterocycles. The van der Waals surface area contributed by atoms with Gasteiger partial charge in [-0.25, -0.2) is 0 Å². The number of likely N-dealkylation sites (tertiary alicyclic amines) is 1. The molecule has 3 atom stereocenters. The minimum atomic E-state index is -4.49. The summed E-state index contributed by atoms with van der Waals surface area (Å²) >= 11 is 0. The van der Waals surface area contributed by atoms with Crippen molar-refractivity contribution in [2.24, 2.45) is 0 Å². The first-order valence-electron chi connectivity index (χ1n) is 9.87. The van der Waals surface area contributed by atoms with E-state index in [9.17, 15) is 23.1 Å². The van der Waals surface area contributed by atoms with Crippen LogP contribution in [0.4, 0.5) is 18.9 Å². The number of rotatable bonds is 6. The molecule has 1 aliphatic rings. The van der Waals surface area contributed by atoms with Gasteiger partial charge >= 0.3 is 6.18 Å². The summed E-state index contributed by atoms with van der Waals surface area (Å²) < 4.78 is 38.6. The number of alkyl halides is 3. The van der Waals surface area contributed by atoms with Crippen LogP contribution in [0.3, 0.4) is 0 Å².